The van der Waals surface area contributed by atoms with Gasteiger partial charge in [-0.3, -0.25) is 4.79 Å². The first-order valence-corrected chi connectivity index (χ1v) is 6.37. The van der Waals surface area contributed by atoms with Gasteiger partial charge in [0.15, 0.2) is 6.29 Å². The van der Waals surface area contributed by atoms with E-state index in [1.807, 2.05) is 13.8 Å². The van der Waals surface area contributed by atoms with Gasteiger partial charge < -0.3 is 19.5 Å². The molecule has 1 unspecified atom stereocenters. The second-order valence-corrected chi connectivity index (χ2v) is 3.98. The molecule has 1 aliphatic heterocycles. The third-order valence-electron chi connectivity index (χ3n) is 2.61. The van der Waals surface area contributed by atoms with Crippen molar-refractivity contribution in [1.82, 2.24) is 5.32 Å². The molecule has 1 aliphatic rings. The van der Waals surface area contributed by atoms with Crippen LogP contribution in [0, 0.1) is 0 Å². The summed E-state index contributed by atoms with van der Waals surface area (Å²) in [5, 5.41) is 2.81. The molecule has 0 bridgehead atoms. The topological polar surface area (TPSA) is 56.8 Å². The minimum absolute atomic E-state index is 0.00121. The average Bonchev–Trinajstić information content (AvgIpc) is 2.79. The van der Waals surface area contributed by atoms with Gasteiger partial charge in [-0.1, -0.05) is 0 Å². The Hall–Kier alpha value is -0.650. The van der Waals surface area contributed by atoms with E-state index in [0.29, 0.717) is 26.2 Å². The molecule has 1 N–H and O–H groups in total. The smallest absolute Gasteiger partial charge is 0.222 e. The molecule has 100 valence electrons. The maximum Gasteiger partial charge on any atom is 0.222 e. The Balaban J connectivity index is 2.15. The van der Waals surface area contributed by atoms with E-state index >= 15 is 0 Å². The number of carbonyl (C=O) groups is 1. The van der Waals surface area contributed by atoms with Gasteiger partial charge >= 0.3 is 0 Å². The highest BCUT2D eigenvalue weighted by Crippen LogP contribution is 2.14. The van der Waals surface area contributed by atoms with Gasteiger partial charge in [-0.05, 0) is 26.7 Å². The summed E-state index contributed by atoms with van der Waals surface area (Å²) in [6.07, 6.45) is 2.21. The first kappa shape index (κ1) is 14.4. The van der Waals surface area contributed by atoms with E-state index in [9.17, 15) is 4.79 Å². The second kappa shape index (κ2) is 8.44. The normalized spacial score (nSPS) is 19.8. The number of hydrogen-bond acceptors (Lipinski definition) is 4. The van der Waals surface area contributed by atoms with Crippen molar-refractivity contribution >= 4 is 5.91 Å². The van der Waals surface area contributed by atoms with Gasteiger partial charge in [0.1, 0.15) is 0 Å². The number of amides is 1. The SMILES string of the molecule is CCOC(CNC(=O)CC1CCCO1)OCC. The molecule has 0 saturated carbocycles. The third kappa shape index (κ3) is 6.00. The number of hydrogen-bond donors (Lipinski definition) is 1. The van der Waals surface area contributed by atoms with Crippen LogP contribution in [0.5, 0.6) is 0 Å². The van der Waals surface area contributed by atoms with Crippen LogP contribution >= 0.6 is 0 Å². The van der Waals surface area contributed by atoms with E-state index in [-0.39, 0.29) is 18.3 Å². The molecule has 0 radical (unpaired) electrons. The van der Waals surface area contributed by atoms with Gasteiger partial charge in [0, 0.05) is 19.8 Å². The van der Waals surface area contributed by atoms with Crippen molar-refractivity contribution in [3.63, 3.8) is 0 Å². The van der Waals surface area contributed by atoms with Crippen LogP contribution in [0.3, 0.4) is 0 Å². The lowest BCUT2D eigenvalue weighted by molar-refractivity contribution is -0.141. The van der Waals surface area contributed by atoms with Crippen molar-refractivity contribution in [2.45, 2.75) is 45.5 Å². The summed E-state index contributed by atoms with van der Waals surface area (Å²) in [6.45, 7) is 6.13. The monoisotopic (exact) mass is 245 g/mol. The fraction of sp³-hybridized carbons (Fsp3) is 0.917. The van der Waals surface area contributed by atoms with Crippen molar-refractivity contribution in [3.8, 4) is 0 Å². The zero-order chi connectivity index (χ0) is 12.5. The molecule has 1 saturated heterocycles. The molecule has 17 heavy (non-hydrogen) atoms. The van der Waals surface area contributed by atoms with Crippen LogP contribution in [0.25, 0.3) is 0 Å². The van der Waals surface area contributed by atoms with Crippen molar-refractivity contribution in [2.24, 2.45) is 0 Å². The summed E-state index contributed by atoms with van der Waals surface area (Å²) in [5.41, 5.74) is 0. The van der Waals surface area contributed by atoms with Gasteiger partial charge in [-0.25, -0.2) is 0 Å². The zero-order valence-corrected chi connectivity index (χ0v) is 10.7. The summed E-state index contributed by atoms with van der Waals surface area (Å²) >= 11 is 0. The predicted molar refractivity (Wildman–Crippen MR) is 63.6 cm³/mol. The van der Waals surface area contributed by atoms with Crippen LogP contribution in [0.4, 0.5) is 0 Å². The zero-order valence-electron chi connectivity index (χ0n) is 10.7. The average molecular weight is 245 g/mol. The minimum atomic E-state index is -0.349. The van der Waals surface area contributed by atoms with Crippen molar-refractivity contribution in [3.05, 3.63) is 0 Å². The Bertz CT molecular complexity index is 211. The summed E-state index contributed by atoms with van der Waals surface area (Å²) in [5.74, 6) is 0.00121. The number of nitrogens with one attached hydrogen (secondary N) is 1. The van der Waals surface area contributed by atoms with Crippen LogP contribution in [0.1, 0.15) is 33.1 Å². The summed E-state index contributed by atoms with van der Waals surface area (Å²) in [7, 11) is 0. The standard InChI is InChI=1S/C12H23NO4/c1-3-15-12(16-4-2)9-13-11(14)8-10-6-5-7-17-10/h10,12H,3-9H2,1-2H3,(H,13,14). The quantitative estimate of drug-likeness (QED) is 0.650. The first-order chi connectivity index (χ1) is 8.26. The van der Waals surface area contributed by atoms with E-state index in [4.69, 9.17) is 14.2 Å². The molecule has 0 aromatic heterocycles. The molecule has 1 fully saturated rings. The largest absolute Gasteiger partial charge is 0.378 e. The summed E-state index contributed by atoms with van der Waals surface area (Å²) < 4.78 is 16.1. The predicted octanol–water partition coefficient (Wildman–Crippen LogP) is 1.07. The van der Waals surface area contributed by atoms with Crippen LogP contribution in [-0.4, -0.2) is 44.7 Å². The highest BCUT2D eigenvalue weighted by Gasteiger charge is 2.19. The van der Waals surface area contributed by atoms with E-state index in [0.717, 1.165) is 19.4 Å². The van der Waals surface area contributed by atoms with E-state index in [1.165, 1.54) is 0 Å². The van der Waals surface area contributed by atoms with Crippen molar-refractivity contribution in [2.75, 3.05) is 26.4 Å². The Kier molecular flexibility index (Phi) is 7.16. The number of ether oxygens (including phenoxy) is 3. The van der Waals surface area contributed by atoms with Gasteiger partial charge in [-0.15, -0.1) is 0 Å². The molecule has 5 heteroatoms. The molecule has 1 amide bonds. The Morgan fingerprint density at radius 1 is 1.41 bits per heavy atom. The third-order valence-corrected chi connectivity index (χ3v) is 2.61. The van der Waals surface area contributed by atoms with Gasteiger partial charge in [0.2, 0.25) is 5.91 Å². The van der Waals surface area contributed by atoms with Crippen LogP contribution in [0.15, 0.2) is 0 Å². The maximum atomic E-state index is 11.6. The molecule has 1 atom stereocenters. The summed E-state index contributed by atoms with van der Waals surface area (Å²) in [6, 6.07) is 0. The highest BCUT2D eigenvalue weighted by molar-refractivity contribution is 5.76. The lowest BCUT2D eigenvalue weighted by Crippen LogP contribution is -2.36. The number of rotatable bonds is 8. The summed E-state index contributed by atoms with van der Waals surface area (Å²) in [4.78, 5) is 11.6. The van der Waals surface area contributed by atoms with Crippen LogP contribution in [0.2, 0.25) is 0 Å². The van der Waals surface area contributed by atoms with E-state index in [1.54, 1.807) is 0 Å². The molecular formula is C12H23NO4. The molecule has 0 aromatic carbocycles. The molecule has 0 aliphatic carbocycles. The number of carbonyl (C=O) groups excluding carboxylic acids is 1. The molecule has 0 aromatic rings. The second-order valence-electron chi connectivity index (χ2n) is 3.98. The van der Waals surface area contributed by atoms with Crippen LogP contribution in [-0.2, 0) is 19.0 Å². The van der Waals surface area contributed by atoms with Crippen LogP contribution < -0.4 is 5.32 Å². The Morgan fingerprint density at radius 2 is 2.12 bits per heavy atom. The molecule has 5 nitrogen and oxygen atoms in total. The first-order valence-electron chi connectivity index (χ1n) is 6.37. The molecule has 1 heterocycles. The Labute approximate surface area is 103 Å². The fourth-order valence-corrected chi connectivity index (χ4v) is 1.82. The Morgan fingerprint density at radius 3 is 2.65 bits per heavy atom. The van der Waals surface area contributed by atoms with Gasteiger partial charge in [0.05, 0.1) is 19.1 Å². The van der Waals surface area contributed by atoms with Crippen molar-refractivity contribution in [1.29, 1.82) is 0 Å². The van der Waals surface area contributed by atoms with E-state index < -0.39 is 0 Å². The molecular weight excluding hydrogens is 222 g/mol. The van der Waals surface area contributed by atoms with E-state index in [2.05, 4.69) is 5.32 Å². The van der Waals surface area contributed by atoms with Gasteiger partial charge in [0.25, 0.3) is 0 Å². The lowest BCUT2D eigenvalue weighted by Gasteiger charge is -2.18. The minimum Gasteiger partial charge on any atom is -0.378 e. The maximum absolute atomic E-state index is 11.6. The van der Waals surface area contributed by atoms with Crippen molar-refractivity contribution < 1.29 is 19.0 Å². The molecule has 1 rings (SSSR count). The molecule has 0 spiro atoms. The highest BCUT2D eigenvalue weighted by atomic mass is 16.7. The van der Waals surface area contributed by atoms with Gasteiger partial charge in [-0.2, -0.15) is 0 Å². The lowest BCUT2D eigenvalue weighted by atomic mass is 10.2. The fourth-order valence-electron chi connectivity index (χ4n) is 1.82.